The quantitative estimate of drug-likeness (QED) is 0.612. The van der Waals surface area contributed by atoms with Crippen LogP contribution in [0.5, 0.6) is 5.75 Å². The molecule has 0 spiro atoms. The molecule has 4 aliphatic rings. The highest BCUT2D eigenvalue weighted by Gasteiger charge is 2.48. The molecule has 2 atom stereocenters. The van der Waals surface area contributed by atoms with Crippen LogP contribution in [0, 0.1) is 11.3 Å². The van der Waals surface area contributed by atoms with Gasteiger partial charge >= 0.3 is 6.09 Å². The molecule has 2 bridgehead atoms. The smallest absolute Gasteiger partial charge is 0.410 e. The molecule has 11 heteroatoms. The summed E-state index contributed by atoms with van der Waals surface area (Å²) >= 11 is 6.31. The number of hydrogen-bond donors (Lipinski definition) is 2. The molecule has 182 valence electrons. The molecule has 2 amide bonds. The van der Waals surface area contributed by atoms with E-state index in [1.54, 1.807) is 30.4 Å². The van der Waals surface area contributed by atoms with Crippen molar-refractivity contribution in [2.45, 2.75) is 55.8 Å². The molecule has 2 N–H and O–H groups in total. The molecule has 1 unspecified atom stereocenters. The molecule has 34 heavy (non-hydrogen) atoms. The van der Waals surface area contributed by atoms with Crippen LogP contribution in [0.3, 0.4) is 0 Å². The summed E-state index contributed by atoms with van der Waals surface area (Å²) < 4.78 is 39.4. The number of rotatable bonds is 2. The van der Waals surface area contributed by atoms with Gasteiger partial charge in [-0.25, -0.2) is 13.6 Å². The SMILES string of the molecule is N#CC1(NC(=O)O[C@H]2Cc3ccc(c(Cl)c3)OC/C=C/CCN3CC(F)(F)CC3C(=O)N2)CC1. The maximum absolute atomic E-state index is 14.2. The highest BCUT2D eigenvalue weighted by atomic mass is 35.5. The summed E-state index contributed by atoms with van der Waals surface area (Å²) in [5, 5.41) is 14.6. The number of carbonyl (C=O) groups excluding carboxylic acids is 2. The minimum Gasteiger partial charge on any atom is -0.488 e. The van der Waals surface area contributed by atoms with Crippen LogP contribution in [0.2, 0.25) is 5.02 Å². The van der Waals surface area contributed by atoms with Crippen LogP contribution in [0.25, 0.3) is 0 Å². The molecule has 3 heterocycles. The van der Waals surface area contributed by atoms with Gasteiger partial charge in [0.2, 0.25) is 5.91 Å². The van der Waals surface area contributed by atoms with Gasteiger partial charge < -0.3 is 20.1 Å². The molecular formula is C23H25ClF2N4O4. The van der Waals surface area contributed by atoms with Crippen molar-refractivity contribution < 1.29 is 27.8 Å². The van der Waals surface area contributed by atoms with Crippen LogP contribution in [0.15, 0.2) is 30.4 Å². The molecule has 1 aliphatic carbocycles. The molecule has 2 fully saturated rings. The Bertz CT molecular complexity index is 1020. The zero-order valence-electron chi connectivity index (χ0n) is 18.4. The first-order valence-electron chi connectivity index (χ1n) is 11.1. The number of carbonyl (C=O) groups is 2. The van der Waals surface area contributed by atoms with Gasteiger partial charge in [-0.05, 0) is 37.0 Å². The average Bonchev–Trinajstić information content (AvgIpc) is 3.46. The number of halogens is 3. The van der Waals surface area contributed by atoms with Crippen LogP contribution in [-0.2, 0) is 16.0 Å². The predicted molar refractivity (Wildman–Crippen MR) is 118 cm³/mol. The topological polar surface area (TPSA) is 104 Å². The van der Waals surface area contributed by atoms with Gasteiger partial charge in [-0.15, -0.1) is 0 Å². The van der Waals surface area contributed by atoms with Crippen LogP contribution in [0.4, 0.5) is 13.6 Å². The van der Waals surface area contributed by atoms with Crippen molar-refractivity contribution in [2.24, 2.45) is 0 Å². The second kappa shape index (κ2) is 9.76. The number of alkyl carbamates (subject to hydrolysis) is 1. The van der Waals surface area contributed by atoms with Crippen molar-refractivity contribution in [3.63, 3.8) is 0 Å². The van der Waals surface area contributed by atoms with E-state index in [0.29, 0.717) is 35.6 Å². The van der Waals surface area contributed by atoms with Gasteiger partial charge in [0.05, 0.1) is 23.7 Å². The highest BCUT2D eigenvalue weighted by molar-refractivity contribution is 6.32. The number of nitriles is 1. The second-order valence-corrected chi connectivity index (χ2v) is 9.21. The van der Waals surface area contributed by atoms with Crippen molar-refractivity contribution >= 4 is 23.6 Å². The van der Waals surface area contributed by atoms with E-state index >= 15 is 0 Å². The van der Waals surface area contributed by atoms with Crippen LogP contribution in [0.1, 0.15) is 31.2 Å². The van der Waals surface area contributed by atoms with Crippen LogP contribution >= 0.6 is 11.6 Å². The summed E-state index contributed by atoms with van der Waals surface area (Å²) in [6, 6.07) is 5.97. The van der Waals surface area contributed by atoms with E-state index in [1.165, 1.54) is 4.90 Å². The van der Waals surface area contributed by atoms with Crippen molar-refractivity contribution in [1.82, 2.24) is 15.5 Å². The fourth-order valence-corrected chi connectivity index (χ4v) is 4.32. The third-order valence-electron chi connectivity index (χ3n) is 6.03. The summed E-state index contributed by atoms with van der Waals surface area (Å²) in [6.45, 7) is -0.0103. The lowest BCUT2D eigenvalue weighted by molar-refractivity contribution is -0.128. The number of nitrogens with one attached hydrogen (secondary N) is 2. The number of alkyl halides is 2. The van der Waals surface area contributed by atoms with Crippen LogP contribution < -0.4 is 15.4 Å². The molecule has 1 saturated heterocycles. The third kappa shape index (κ3) is 5.96. The van der Waals surface area contributed by atoms with E-state index in [-0.39, 0.29) is 19.6 Å². The summed E-state index contributed by atoms with van der Waals surface area (Å²) in [4.78, 5) is 26.9. The Morgan fingerprint density at radius 3 is 2.85 bits per heavy atom. The number of hydrogen-bond acceptors (Lipinski definition) is 6. The van der Waals surface area contributed by atoms with Crippen molar-refractivity contribution in [1.29, 1.82) is 5.26 Å². The summed E-state index contributed by atoms with van der Waals surface area (Å²) in [6.07, 6.45) is 2.44. The van der Waals surface area contributed by atoms with Gasteiger partial charge in [-0.2, -0.15) is 5.26 Å². The van der Waals surface area contributed by atoms with Gasteiger partial charge in [-0.1, -0.05) is 29.8 Å². The molecule has 8 nitrogen and oxygen atoms in total. The number of nitrogens with zero attached hydrogens (tertiary/aromatic N) is 2. The monoisotopic (exact) mass is 494 g/mol. The zero-order valence-corrected chi connectivity index (χ0v) is 19.1. The minimum atomic E-state index is -3.00. The molecule has 3 aliphatic heterocycles. The number of amides is 2. The first-order valence-corrected chi connectivity index (χ1v) is 11.4. The van der Waals surface area contributed by atoms with Gasteiger partial charge in [0, 0.05) is 19.4 Å². The Morgan fingerprint density at radius 1 is 1.35 bits per heavy atom. The lowest BCUT2D eigenvalue weighted by atomic mass is 10.1. The van der Waals surface area contributed by atoms with Crippen molar-refractivity contribution in [3.8, 4) is 11.8 Å². The molecule has 5 rings (SSSR count). The van der Waals surface area contributed by atoms with E-state index in [9.17, 15) is 23.6 Å². The fourth-order valence-electron chi connectivity index (χ4n) is 4.06. The molecular weight excluding hydrogens is 470 g/mol. The predicted octanol–water partition coefficient (Wildman–Crippen LogP) is 3.16. The van der Waals surface area contributed by atoms with Gasteiger partial charge in [0.15, 0.2) is 6.23 Å². The highest BCUT2D eigenvalue weighted by Crippen LogP contribution is 2.35. The van der Waals surface area contributed by atoms with Gasteiger partial charge in [-0.3, -0.25) is 9.69 Å². The molecule has 1 saturated carbocycles. The van der Waals surface area contributed by atoms with E-state index in [4.69, 9.17) is 21.1 Å². The Hall–Kier alpha value is -2.90. The largest absolute Gasteiger partial charge is 0.488 e. The number of fused-ring (bicyclic) bond motifs is 9. The zero-order chi connectivity index (χ0) is 24.3. The first-order chi connectivity index (χ1) is 16.2. The summed E-state index contributed by atoms with van der Waals surface area (Å²) in [5.41, 5.74) is -0.326. The molecule has 0 radical (unpaired) electrons. The van der Waals surface area contributed by atoms with Crippen LogP contribution in [-0.4, -0.2) is 60.3 Å². The normalized spacial score (nSPS) is 26.9. The Balaban J connectivity index is 1.56. The lowest BCUT2D eigenvalue weighted by Gasteiger charge is -2.26. The Labute approximate surface area is 200 Å². The van der Waals surface area contributed by atoms with E-state index in [2.05, 4.69) is 10.6 Å². The molecule has 0 aromatic heterocycles. The Kier molecular flexibility index (Phi) is 6.96. The van der Waals surface area contributed by atoms with Crippen molar-refractivity contribution in [2.75, 3.05) is 19.7 Å². The number of ether oxygens (including phenoxy) is 2. The summed E-state index contributed by atoms with van der Waals surface area (Å²) in [5.74, 6) is -3.19. The number of benzene rings is 1. The second-order valence-electron chi connectivity index (χ2n) is 8.81. The fraction of sp³-hybridized carbons (Fsp3) is 0.522. The van der Waals surface area contributed by atoms with Gasteiger partial charge in [0.25, 0.3) is 5.92 Å². The van der Waals surface area contributed by atoms with E-state index in [1.807, 2.05) is 6.07 Å². The standard InChI is InChI=1S/C23H25ClF2N4O4/c24-16-10-15-4-5-18(16)33-9-3-1-2-8-30-14-23(25,26)12-17(30)20(31)28-19(11-15)34-21(32)29-22(13-27)6-7-22/h1,3-5,10,17,19H,2,6-9,11-12,14H2,(H,28,31)(H,29,32)/b3-1+/t17?,19-/m0/s1. The lowest BCUT2D eigenvalue weighted by Crippen LogP contribution is -2.50. The molecule has 1 aromatic carbocycles. The Morgan fingerprint density at radius 2 is 2.15 bits per heavy atom. The van der Waals surface area contributed by atoms with E-state index < -0.39 is 48.7 Å². The van der Waals surface area contributed by atoms with Crippen molar-refractivity contribution in [3.05, 3.63) is 40.9 Å². The molecule has 1 aromatic rings. The average molecular weight is 495 g/mol. The first kappa shape index (κ1) is 24.2. The third-order valence-corrected chi connectivity index (χ3v) is 6.33. The van der Waals surface area contributed by atoms with Gasteiger partial charge in [0.1, 0.15) is 17.9 Å². The maximum Gasteiger partial charge on any atom is 0.410 e. The minimum absolute atomic E-state index is 0.0434. The van der Waals surface area contributed by atoms with E-state index in [0.717, 1.165) is 0 Å². The summed E-state index contributed by atoms with van der Waals surface area (Å²) in [7, 11) is 0. The maximum atomic E-state index is 14.2.